The average molecular weight is 306 g/mol. The van der Waals surface area contributed by atoms with E-state index in [1.807, 2.05) is 0 Å². The number of hydrogen-bond donors (Lipinski definition) is 1. The van der Waals surface area contributed by atoms with E-state index in [0.29, 0.717) is 19.4 Å². The standard InChI is InChI=1S/C15H18N2O3S/c1-2-10-16-15(18)13-7-6-11-17(12-13)21(19,20)14-8-4-3-5-9-14/h1,3-5,8-9,13H,6-7,10-12H2,(H,16,18)/t13-/m1/s1. The van der Waals surface area contributed by atoms with E-state index >= 15 is 0 Å². The van der Waals surface area contributed by atoms with Crippen LogP contribution in [0.15, 0.2) is 35.2 Å². The molecule has 5 nitrogen and oxygen atoms in total. The van der Waals surface area contributed by atoms with Crippen LogP contribution < -0.4 is 5.32 Å². The Morgan fingerprint density at radius 3 is 2.76 bits per heavy atom. The van der Waals surface area contributed by atoms with Gasteiger partial charge in [-0.15, -0.1) is 6.42 Å². The monoisotopic (exact) mass is 306 g/mol. The van der Waals surface area contributed by atoms with Crippen molar-refractivity contribution < 1.29 is 13.2 Å². The molecule has 1 aromatic carbocycles. The molecule has 0 unspecified atom stereocenters. The summed E-state index contributed by atoms with van der Waals surface area (Å²) in [6.45, 7) is 0.810. The van der Waals surface area contributed by atoms with Gasteiger partial charge in [0, 0.05) is 13.1 Å². The van der Waals surface area contributed by atoms with Gasteiger partial charge in [0.15, 0.2) is 0 Å². The fourth-order valence-corrected chi connectivity index (χ4v) is 3.94. The molecule has 1 amide bonds. The van der Waals surface area contributed by atoms with Gasteiger partial charge < -0.3 is 5.32 Å². The number of carbonyl (C=O) groups excluding carboxylic acids is 1. The van der Waals surface area contributed by atoms with E-state index in [4.69, 9.17) is 6.42 Å². The van der Waals surface area contributed by atoms with Crippen LogP contribution in [0.1, 0.15) is 12.8 Å². The van der Waals surface area contributed by atoms with Crippen molar-refractivity contribution >= 4 is 15.9 Å². The van der Waals surface area contributed by atoms with E-state index in [1.165, 1.54) is 4.31 Å². The highest BCUT2D eigenvalue weighted by Gasteiger charge is 2.32. The zero-order valence-corrected chi connectivity index (χ0v) is 12.5. The molecule has 1 aromatic rings. The highest BCUT2D eigenvalue weighted by molar-refractivity contribution is 7.89. The number of nitrogens with one attached hydrogen (secondary N) is 1. The van der Waals surface area contributed by atoms with E-state index in [0.717, 1.165) is 0 Å². The summed E-state index contributed by atoms with van der Waals surface area (Å²) in [6.07, 6.45) is 6.45. The van der Waals surface area contributed by atoms with Crippen molar-refractivity contribution in [1.29, 1.82) is 0 Å². The van der Waals surface area contributed by atoms with E-state index in [1.54, 1.807) is 30.3 Å². The number of rotatable bonds is 4. The first kappa shape index (κ1) is 15.5. The Balaban J connectivity index is 2.11. The first-order valence-corrected chi connectivity index (χ1v) is 8.26. The van der Waals surface area contributed by atoms with E-state index in [9.17, 15) is 13.2 Å². The van der Waals surface area contributed by atoms with Crippen LogP contribution in [0.25, 0.3) is 0 Å². The summed E-state index contributed by atoms with van der Waals surface area (Å²) in [7, 11) is -3.54. The van der Waals surface area contributed by atoms with E-state index < -0.39 is 10.0 Å². The Morgan fingerprint density at radius 2 is 2.10 bits per heavy atom. The molecule has 0 saturated carbocycles. The Bertz CT molecular complexity index is 635. The third-order valence-corrected chi connectivity index (χ3v) is 5.38. The van der Waals surface area contributed by atoms with Crippen LogP contribution in [0.4, 0.5) is 0 Å². The molecule has 0 bridgehead atoms. The van der Waals surface area contributed by atoms with Crippen molar-refractivity contribution in [3.8, 4) is 12.3 Å². The van der Waals surface area contributed by atoms with Gasteiger partial charge in [-0.25, -0.2) is 8.42 Å². The zero-order valence-electron chi connectivity index (χ0n) is 11.7. The average Bonchev–Trinajstić information content (AvgIpc) is 2.53. The number of sulfonamides is 1. The number of nitrogens with zero attached hydrogens (tertiary/aromatic N) is 1. The molecule has 2 rings (SSSR count). The Hall–Kier alpha value is -1.84. The maximum atomic E-state index is 12.5. The summed E-state index contributed by atoms with van der Waals surface area (Å²) < 4.78 is 26.4. The molecule has 112 valence electrons. The SMILES string of the molecule is C#CCNC(=O)[C@@H]1CCCN(S(=O)(=O)c2ccccc2)C1. The van der Waals surface area contributed by atoms with Crippen LogP contribution >= 0.6 is 0 Å². The summed E-state index contributed by atoms with van der Waals surface area (Å²) in [5, 5.41) is 2.62. The van der Waals surface area contributed by atoms with Crippen LogP contribution in [0.2, 0.25) is 0 Å². The minimum absolute atomic E-state index is 0.167. The van der Waals surface area contributed by atoms with E-state index in [-0.39, 0.29) is 29.8 Å². The van der Waals surface area contributed by atoms with Crippen LogP contribution in [0.5, 0.6) is 0 Å². The Kier molecular flexibility index (Phi) is 4.99. The highest BCUT2D eigenvalue weighted by atomic mass is 32.2. The van der Waals surface area contributed by atoms with Crippen molar-refractivity contribution in [3.05, 3.63) is 30.3 Å². The Labute approximate surface area is 125 Å². The van der Waals surface area contributed by atoms with Crippen molar-refractivity contribution in [3.63, 3.8) is 0 Å². The fourth-order valence-electron chi connectivity index (χ4n) is 2.40. The molecule has 0 spiro atoms. The summed E-state index contributed by atoms with van der Waals surface area (Å²) >= 11 is 0. The topological polar surface area (TPSA) is 66.5 Å². The van der Waals surface area contributed by atoms with Gasteiger partial charge in [-0.1, -0.05) is 24.1 Å². The maximum absolute atomic E-state index is 12.5. The minimum atomic E-state index is -3.54. The molecule has 0 aromatic heterocycles. The van der Waals surface area contributed by atoms with Gasteiger partial charge in [0.25, 0.3) is 0 Å². The number of carbonyl (C=O) groups is 1. The van der Waals surface area contributed by atoms with Gasteiger partial charge in [0.05, 0.1) is 17.4 Å². The summed E-state index contributed by atoms with van der Waals surface area (Å²) in [6, 6.07) is 8.28. The van der Waals surface area contributed by atoms with Gasteiger partial charge in [0.1, 0.15) is 0 Å². The highest BCUT2D eigenvalue weighted by Crippen LogP contribution is 2.23. The lowest BCUT2D eigenvalue weighted by molar-refractivity contribution is -0.125. The number of terminal acetylenes is 1. The molecular formula is C15H18N2O3S. The zero-order chi connectivity index (χ0) is 15.3. The molecule has 0 radical (unpaired) electrons. The van der Waals surface area contributed by atoms with Crippen molar-refractivity contribution in [2.24, 2.45) is 5.92 Å². The Morgan fingerprint density at radius 1 is 1.38 bits per heavy atom. The van der Waals surface area contributed by atoms with Gasteiger partial charge in [-0.3, -0.25) is 4.79 Å². The predicted octanol–water partition coefficient (Wildman–Crippen LogP) is 0.837. The predicted molar refractivity (Wildman–Crippen MR) is 79.8 cm³/mol. The number of piperidine rings is 1. The molecule has 1 aliphatic rings. The smallest absolute Gasteiger partial charge is 0.243 e. The molecule has 6 heteroatoms. The molecule has 1 N–H and O–H groups in total. The largest absolute Gasteiger partial charge is 0.345 e. The van der Waals surface area contributed by atoms with E-state index in [2.05, 4.69) is 11.2 Å². The quantitative estimate of drug-likeness (QED) is 0.838. The lowest BCUT2D eigenvalue weighted by Gasteiger charge is -2.31. The van der Waals surface area contributed by atoms with Gasteiger partial charge in [-0.05, 0) is 25.0 Å². The molecule has 21 heavy (non-hydrogen) atoms. The second kappa shape index (κ2) is 6.74. The van der Waals surface area contributed by atoms with Crippen LogP contribution in [-0.2, 0) is 14.8 Å². The second-order valence-electron chi connectivity index (χ2n) is 4.94. The fraction of sp³-hybridized carbons (Fsp3) is 0.400. The van der Waals surface area contributed by atoms with Gasteiger partial charge in [0.2, 0.25) is 15.9 Å². The molecule has 1 aliphatic heterocycles. The molecule has 1 atom stereocenters. The molecule has 1 heterocycles. The van der Waals surface area contributed by atoms with Gasteiger partial charge >= 0.3 is 0 Å². The molecule has 1 saturated heterocycles. The summed E-state index contributed by atoms with van der Waals surface area (Å²) in [5.41, 5.74) is 0. The number of hydrogen-bond acceptors (Lipinski definition) is 3. The van der Waals surface area contributed by atoms with Crippen molar-refractivity contribution in [2.45, 2.75) is 17.7 Å². The van der Waals surface area contributed by atoms with Crippen molar-refractivity contribution in [1.82, 2.24) is 9.62 Å². The summed E-state index contributed by atoms with van der Waals surface area (Å²) in [5.74, 6) is 1.82. The lowest BCUT2D eigenvalue weighted by atomic mass is 9.99. The van der Waals surface area contributed by atoms with Crippen LogP contribution in [0.3, 0.4) is 0 Å². The first-order valence-electron chi connectivity index (χ1n) is 6.82. The number of benzene rings is 1. The lowest BCUT2D eigenvalue weighted by Crippen LogP contribution is -2.45. The first-order chi connectivity index (χ1) is 10.1. The third-order valence-electron chi connectivity index (χ3n) is 3.50. The van der Waals surface area contributed by atoms with Gasteiger partial charge in [-0.2, -0.15) is 4.31 Å². The normalized spacial score (nSPS) is 19.7. The van der Waals surface area contributed by atoms with Crippen LogP contribution in [-0.4, -0.2) is 38.3 Å². The maximum Gasteiger partial charge on any atom is 0.243 e. The minimum Gasteiger partial charge on any atom is -0.345 e. The van der Waals surface area contributed by atoms with Crippen molar-refractivity contribution in [2.75, 3.05) is 19.6 Å². The summed E-state index contributed by atoms with van der Waals surface area (Å²) in [4.78, 5) is 12.2. The molecular weight excluding hydrogens is 288 g/mol. The molecule has 1 fully saturated rings. The third kappa shape index (κ3) is 3.63. The molecule has 0 aliphatic carbocycles. The second-order valence-corrected chi connectivity index (χ2v) is 6.88. The van der Waals surface area contributed by atoms with Crippen LogP contribution in [0, 0.1) is 18.3 Å². The number of amides is 1.